The van der Waals surface area contributed by atoms with Crippen LogP contribution in [0.1, 0.15) is 37.3 Å². The number of benzene rings is 1. The van der Waals surface area contributed by atoms with E-state index in [1.807, 2.05) is 6.92 Å². The zero-order valence-electron chi connectivity index (χ0n) is 17.2. The van der Waals surface area contributed by atoms with E-state index in [1.54, 1.807) is 0 Å². The first-order valence-electron chi connectivity index (χ1n) is 9.82. The summed E-state index contributed by atoms with van der Waals surface area (Å²) in [6.45, 7) is 2.03. The molecule has 0 spiro atoms. The molecule has 2 aromatic rings. The molecule has 2 atom stereocenters. The molecule has 3 rings (SSSR count). The average Bonchev–Trinajstić information content (AvgIpc) is 3.38. The molecule has 1 heterocycles. The third-order valence-corrected chi connectivity index (χ3v) is 5.11. The summed E-state index contributed by atoms with van der Waals surface area (Å²) in [4.78, 5) is 27.6. The van der Waals surface area contributed by atoms with Crippen molar-refractivity contribution in [1.29, 1.82) is 0 Å². The Bertz CT molecular complexity index is 1030. The smallest absolute Gasteiger partial charge is 0.273 e. The van der Waals surface area contributed by atoms with Gasteiger partial charge in [-0.15, -0.1) is 5.10 Å². The molecule has 0 aliphatic heterocycles. The summed E-state index contributed by atoms with van der Waals surface area (Å²) < 4.78 is 79.0. The van der Waals surface area contributed by atoms with Crippen LogP contribution in [0.2, 0.25) is 0 Å². The van der Waals surface area contributed by atoms with E-state index < -0.39 is 40.8 Å². The van der Waals surface area contributed by atoms with Crippen LogP contribution in [-0.2, 0) is 21.9 Å². The number of aromatic nitrogens is 3. The van der Waals surface area contributed by atoms with Crippen LogP contribution in [0.25, 0.3) is 17.6 Å². The van der Waals surface area contributed by atoms with Crippen molar-refractivity contribution >= 4 is 18.0 Å². The Kier molecular flexibility index (Phi) is 6.79. The minimum Gasteiger partial charge on any atom is -0.273 e. The minimum atomic E-state index is -5.00. The fourth-order valence-electron chi connectivity index (χ4n) is 3.42. The van der Waals surface area contributed by atoms with Crippen molar-refractivity contribution in [3.63, 3.8) is 0 Å². The number of alkyl halides is 6. The summed E-state index contributed by atoms with van der Waals surface area (Å²) in [5.74, 6) is -1.18. The molecule has 0 saturated heterocycles. The molecule has 2 N–H and O–H groups in total. The molecule has 0 radical (unpaired) electrons. The van der Waals surface area contributed by atoms with Gasteiger partial charge in [0.2, 0.25) is 5.91 Å². The quantitative estimate of drug-likeness (QED) is 0.397. The van der Waals surface area contributed by atoms with Crippen LogP contribution in [0.5, 0.6) is 0 Å². The van der Waals surface area contributed by atoms with Crippen molar-refractivity contribution in [2.24, 2.45) is 11.8 Å². The molecule has 0 unspecified atom stereocenters. The summed E-state index contributed by atoms with van der Waals surface area (Å²) >= 11 is 0. The van der Waals surface area contributed by atoms with Crippen molar-refractivity contribution in [1.82, 2.24) is 25.6 Å². The second-order valence-corrected chi connectivity index (χ2v) is 7.75. The van der Waals surface area contributed by atoms with Gasteiger partial charge in [0.1, 0.15) is 6.33 Å². The first-order chi connectivity index (χ1) is 15.3. The SMILES string of the molecule is C[C@H]1CC[C@H](C(=O)NNC(=O)/C=C\n2cnc(-c3cc(C(F)(F)F)cc(C(F)(F)F)c3)n2)C1. The molecule has 1 aliphatic carbocycles. The van der Waals surface area contributed by atoms with E-state index in [1.165, 1.54) is 0 Å². The normalized spacial score (nSPS) is 19.1. The van der Waals surface area contributed by atoms with E-state index in [-0.39, 0.29) is 17.9 Å². The summed E-state index contributed by atoms with van der Waals surface area (Å²) in [5.41, 5.74) is 1.02. The van der Waals surface area contributed by atoms with Crippen molar-refractivity contribution in [3.8, 4) is 11.4 Å². The van der Waals surface area contributed by atoms with Crippen LogP contribution in [-0.4, -0.2) is 26.6 Å². The van der Waals surface area contributed by atoms with Gasteiger partial charge < -0.3 is 0 Å². The Morgan fingerprint density at radius 2 is 1.67 bits per heavy atom. The van der Waals surface area contributed by atoms with E-state index in [0.717, 1.165) is 42.5 Å². The average molecular weight is 475 g/mol. The zero-order valence-corrected chi connectivity index (χ0v) is 17.2. The Balaban J connectivity index is 1.68. The second kappa shape index (κ2) is 9.24. The molecule has 1 fully saturated rings. The lowest BCUT2D eigenvalue weighted by atomic mass is 10.0. The van der Waals surface area contributed by atoms with Gasteiger partial charge in [-0.2, -0.15) is 26.3 Å². The number of nitrogens with zero attached hydrogens (tertiary/aromatic N) is 3. The Labute approximate surface area is 183 Å². The first-order valence-corrected chi connectivity index (χ1v) is 9.82. The van der Waals surface area contributed by atoms with Gasteiger partial charge in [0.25, 0.3) is 5.91 Å². The molecule has 1 aliphatic rings. The maximum atomic E-state index is 13.0. The Morgan fingerprint density at radius 3 is 2.21 bits per heavy atom. The molecular weight excluding hydrogens is 456 g/mol. The standard InChI is InChI=1S/C20H19F6N5O2/c1-11-2-3-12(6-11)18(33)29-28-16(32)4-5-31-10-27-17(30-31)13-7-14(19(21,22)23)9-15(8-13)20(24,25)26/h4-5,7-12H,2-3,6H2,1H3,(H,28,32)(H,29,33)/b5-4-/t11-,12-/m0/s1. The number of carbonyl (C=O) groups excluding carboxylic acids is 2. The Hall–Kier alpha value is -3.38. The van der Waals surface area contributed by atoms with Crippen molar-refractivity contribution < 1.29 is 35.9 Å². The summed E-state index contributed by atoms with van der Waals surface area (Å²) in [6, 6.07) is 1.01. The molecule has 33 heavy (non-hydrogen) atoms. The third-order valence-electron chi connectivity index (χ3n) is 5.11. The monoisotopic (exact) mass is 475 g/mol. The van der Waals surface area contributed by atoms with E-state index in [0.29, 0.717) is 18.1 Å². The molecular formula is C20H19F6N5O2. The highest BCUT2D eigenvalue weighted by Crippen LogP contribution is 2.38. The highest BCUT2D eigenvalue weighted by molar-refractivity contribution is 5.92. The molecule has 178 valence electrons. The van der Waals surface area contributed by atoms with Crippen molar-refractivity contribution in [2.45, 2.75) is 38.5 Å². The molecule has 2 amide bonds. The van der Waals surface area contributed by atoms with Gasteiger partial charge in [-0.1, -0.05) is 6.92 Å². The summed E-state index contributed by atoms with van der Waals surface area (Å²) in [6.07, 6.45) is -4.58. The number of halogens is 6. The van der Waals surface area contributed by atoms with Crippen LogP contribution in [0.4, 0.5) is 26.3 Å². The maximum Gasteiger partial charge on any atom is 0.416 e. The van der Waals surface area contributed by atoms with Gasteiger partial charge in [-0.25, -0.2) is 9.67 Å². The van der Waals surface area contributed by atoms with Gasteiger partial charge in [-0.3, -0.25) is 20.4 Å². The van der Waals surface area contributed by atoms with Gasteiger partial charge >= 0.3 is 12.4 Å². The van der Waals surface area contributed by atoms with E-state index in [2.05, 4.69) is 20.9 Å². The number of hydrazine groups is 1. The first kappa shape index (κ1) is 24.3. The predicted octanol–water partition coefficient (Wildman–Crippen LogP) is 4.04. The molecule has 1 aromatic carbocycles. The minimum absolute atomic E-state index is 0.00522. The van der Waals surface area contributed by atoms with E-state index in [9.17, 15) is 35.9 Å². The van der Waals surface area contributed by atoms with Gasteiger partial charge in [0.05, 0.1) is 11.1 Å². The number of rotatable bonds is 4. The van der Waals surface area contributed by atoms with Crippen molar-refractivity contribution in [3.05, 3.63) is 41.7 Å². The number of hydrogen-bond acceptors (Lipinski definition) is 4. The highest BCUT2D eigenvalue weighted by Gasteiger charge is 2.37. The number of nitrogens with one attached hydrogen (secondary N) is 2. The van der Waals surface area contributed by atoms with Crippen LogP contribution in [0, 0.1) is 11.8 Å². The zero-order chi connectivity index (χ0) is 24.4. The number of hydrogen-bond donors (Lipinski definition) is 2. The van der Waals surface area contributed by atoms with E-state index >= 15 is 0 Å². The fourth-order valence-corrected chi connectivity index (χ4v) is 3.42. The topological polar surface area (TPSA) is 88.9 Å². The van der Waals surface area contributed by atoms with Gasteiger partial charge in [0, 0.05) is 23.8 Å². The fraction of sp³-hybridized carbons (Fsp3) is 0.400. The molecule has 1 aromatic heterocycles. The third kappa shape index (κ3) is 6.33. The lowest BCUT2D eigenvalue weighted by molar-refractivity contribution is -0.143. The molecule has 1 saturated carbocycles. The van der Waals surface area contributed by atoms with Gasteiger partial charge in [-0.05, 0) is 43.4 Å². The van der Waals surface area contributed by atoms with Crippen LogP contribution >= 0.6 is 0 Å². The van der Waals surface area contributed by atoms with Crippen LogP contribution in [0.15, 0.2) is 30.6 Å². The lowest BCUT2D eigenvalue weighted by Crippen LogP contribution is -2.43. The largest absolute Gasteiger partial charge is 0.416 e. The summed E-state index contributed by atoms with van der Waals surface area (Å²) in [5, 5.41) is 3.78. The molecule has 7 nitrogen and oxygen atoms in total. The molecule has 13 heteroatoms. The van der Waals surface area contributed by atoms with E-state index in [4.69, 9.17) is 0 Å². The predicted molar refractivity (Wildman–Crippen MR) is 104 cm³/mol. The van der Waals surface area contributed by atoms with Crippen molar-refractivity contribution in [2.75, 3.05) is 0 Å². The van der Waals surface area contributed by atoms with Gasteiger partial charge in [0.15, 0.2) is 5.82 Å². The maximum absolute atomic E-state index is 13.0. The van der Waals surface area contributed by atoms with Crippen LogP contribution < -0.4 is 10.9 Å². The lowest BCUT2D eigenvalue weighted by Gasteiger charge is -2.13. The van der Waals surface area contributed by atoms with Crippen LogP contribution in [0.3, 0.4) is 0 Å². The Morgan fingerprint density at radius 1 is 1.03 bits per heavy atom. The highest BCUT2D eigenvalue weighted by atomic mass is 19.4. The second-order valence-electron chi connectivity index (χ2n) is 7.75. The summed E-state index contributed by atoms with van der Waals surface area (Å²) in [7, 11) is 0. The number of amides is 2. The molecule has 0 bridgehead atoms. The number of carbonyl (C=O) groups is 2.